The van der Waals surface area contributed by atoms with E-state index in [9.17, 15) is 9.59 Å². The van der Waals surface area contributed by atoms with Crippen LogP contribution < -0.4 is 0 Å². The lowest BCUT2D eigenvalue weighted by molar-refractivity contribution is -0.116. The van der Waals surface area contributed by atoms with E-state index in [1.54, 1.807) is 12.1 Å². The Kier molecular flexibility index (Phi) is 6.96. The molecule has 1 rings (SSSR count). The highest BCUT2D eigenvalue weighted by Gasteiger charge is 2.15. The monoisotopic (exact) mass is 333 g/mol. The zero-order valence-electron chi connectivity index (χ0n) is 9.47. The molecule has 0 spiro atoms. The molecule has 1 aromatic carbocycles. The predicted octanol–water partition coefficient (Wildman–Crippen LogP) is 2.62. The average Bonchev–Trinajstić information content (AvgIpc) is 2.25. The first kappa shape index (κ1) is 15.1. The molecule has 16 heavy (non-hydrogen) atoms. The van der Waals surface area contributed by atoms with E-state index in [0.29, 0.717) is 18.5 Å². The molecule has 0 radical (unpaired) electrons. The van der Waals surface area contributed by atoms with Crippen molar-refractivity contribution in [3.8, 4) is 0 Å². The quantitative estimate of drug-likeness (QED) is 0.627. The number of hydrogen-bond donors (Lipinski definition) is 0. The van der Waals surface area contributed by atoms with Gasteiger partial charge in [0.1, 0.15) is 0 Å². The van der Waals surface area contributed by atoms with Crippen molar-refractivity contribution in [3.63, 3.8) is 0 Å². The summed E-state index contributed by atoms with van der Waals surface area (Å²) in [5.41, 5.74) is 1.49. The first-order valence-corrected chi connectivity index (χ1v) is 5.02. The Morgan fingerprint density at radius 3 is 2.50 bits per heavy atom. The van der Waals surface area contributed by atoms with Gasteiger partial charge in [-0.3, -0.25) is 14.5 Å². The Labute approximate surface area is 113 Å². The number of aryl methyl sites for hydroxylation is 1. The SMILES string of the molecule is CCCN(C=O)C(=O)c1ccccc1C.I. The largest absolute Gasteiger partial charge is 0.281 e. The average molecular weight is 333 g/mol. The second-order valence-electron chi connectivity index (χ2n) is 3.42. The van der Waals surface area contributed by atoms with Crippen molar-refractivity contribution in [3.05, 3.63) is 35.4 Å². The molecule has 0 bridgehead atoms. The van der Waals surface area contributed by atoms with E-state index >= 15 is 0 Å². The fraction of sp³-hybridized carbons (Fsp3) is 0.333. The Morgan fingerprint density at radius 1 is 1.38 bits per heavy atom. The molecular weight excluding hydrogens is 317 g/mol. The molecular formula is C12H16INO2. The van der Waals surface area contributed by atoms with Crippen molar-refractivity contribution in [2.45, 2.75) is 20.3 Å². The molecule has 1 aromatic rings. The van der Waals surface area contributed by atoms with Crippen LogP contribution in [-0.4, -0.2) is 23.8 Å². The highest BCUT2D eigenvalue weighted by atomic mass is 127. The standard InChI is InChI=1S/C12H15NO2.HI/c1-3-8-13(9-14)12(15)11-7-5-4-6-10(11)2;/h4-7,9H,3,8H2,1-2H3;1H. The molecule has 0 heterocycles. The first-order chi connectivity index (χ1) is 7.20. The van der Waals surface area contributed by atoms with Gasteiger partial charge in [-0.15, -0.1) is 24.0 Å². The number of nitrogens with zero attached hydrogens (tertiary/aromatic N) is 1. The number of halogens is 1. The van der Waals surface area contributed by atoms with Crippen LogP contribution in [0.4, 0.5) is 0 Å². The number of carbonyl (C=O) groups is 2. The molecule has 0 aliphatic rings. The minimum Gasteiger partial charge on any atom is -0.281 e. The maximum absolute atomic E-state index is 11.9. The van der Waals surface area contributed by atoms with Gasteiger partial charge in [0, 0.05) is 12.1 Å². The van der Waals surface area contributed by atoms with Crippen molar-refractivity contribution in [1.29, 1.82) is 0 Å². The minimum absolute atomic E-state index is 0. The van der Waals surface area contributed by atoms with E-state index in [0.717, 1.165) is 12.0 Å². The topological polar surface area (TPSA) is 37.4 Å². The lowest BCUT2D eigenvalue weighted by atomic mass is 10.1. The summed E-state index contributed by atoms with van der Waals surface area (Å²) in [5, 5.41) is 0. The summed E-state index contributed by atoms with van der Waals surface area (Å²) in [6, 6.07) is 7.28. The van der Waals surface area contributed by atoms with Crippen molar-refractivity contribution < 1.29 is 9.59 Å². The molecule has 0 N–H and O–H groups in total. The maximum atomic E-state index is 11.9. The molecule has 0 aromatic heterocycles. The molecule has 0 atom stereocenters. The molecule has 3 nitrogen and oxygen atoms in total. The summed E-state index contributed by atoms with van der Waals surface area (Å²) in [7, 11) is 0. The molecule has 0 aliphatic heterocycles. The minimum atomic E-state index is -0.218. The van der Waals surface area contributed by atoms with E-state index in [4.69, 9.17) is 0 Å². The zero-order chi connectivity index (χ0) is 11.3. The highest BCUT2D eigenvalue weighted by molar-refractivity contribution is 14.0. The van der Waals surface area contributed by atoms with E-state index in [1.165, 1.54) is 4.90 Å². The van der Waals surface area contributed by atoms with Gasteiger partial charge in [0.05, 0.1) is 0 Å². The van der Waals surface area contributed by atoms with E-state index in [-0.39, 0.29) is 29.9 Å². The number of benzene rings is 1. The number of amides is 2. The summed E-state index contributed by atoms with van der Waals surface area (Å²) in [5.74, 6) is -0.218. The summed E-state index contributed by atoms with van der Waals surface area (Å²) in [6.07, 6.45) is 1.37. The van der Waals surface area contributed by atoms with Gasteiger partial charge < -0.3 is 0 Å². The van der Waals surface area contributed by atoms with Crippen molar-refractivity contribution in [1.82, 2.24) is 4.90 Å². The van der Waals surface area contributed by atoms with E-state index in [1.807, 2.05) is 26.0 Å². The van der Waals surface area contributed by atoms with Crippen LogP contribution in [0.2, 0.25) is 0 Å². The fourth-order valence-electron chi connectivity index (χ4n) is 1.41. The van der Waals surface area contributed by atoms with Crippen molar-refractivity contribution >= 4 is 36.3 Å². The van der Waals surface area contributed by atoms with E-state index in [2.05, 4.69) is 0 Å². The molecule has 2 amide bonds. The Morgan fingerprint density at radius 2 is 2.00 bits per heavy atom. The van der Waals surface area contributed by atoms with Gasteiger partial charge >= 0.3 is 0 Å². The van der Waals surface area contributed by atoms with Crippen molar-refractivity contribution in [2.75, 3.05) is 6.54 Å². The van der Waals surface area contributed by atoms with Gasteiger partial charge in [-0.2, -0.15) is 0 Å². The fourth-order valence-corrected chi connectivity index (χ4v) is 1.41. The number of hydrogen-bond acceptors (Lipinski definition) is 2. The third-order valence-corrected chi connectivity index (χ3v) is 2.23. The third-order valence-electron chi connectivity index (χ3n) is 2.23. The Bertz CT molecular complexity index is 366. The van der Waals surface area contributed by atoms with Crippen LogP contribution in [0.25, 0.3) is 0 Å². The molecule has 88 valence electrons. The van der Waals surface area contributed by atoms with Gasteiger partial charge in [-0.25, -0.2) is 0 Å². The van der Waals surface area contributed by atoms with E-state index < -0.39 is 0 Å². The molecule has 4 heteroatoms. The molecule has 0 unspecified atom stereocenters. The molecule has 0 saturated heterocycles. The van der Waals surface area contributed by atoms with Gasteiger partial charge in [0.2, 0.25) is 6.41 Å². The molecule has 0 aliphatic carbocycles. The summed E-state index contributed by atoms with van der Waals surface area (Å²) >= 11 is 0. The highest BCUT2D eigenvalue weighted by Crippen LogP contribution is 2.09. The van der Waals surface area contributed by atoms with Crippen LogP contribution in [0.3, 0.4) is 0 Å². The van der Waals surface area contributed by atoms with Crippen LogP contribution in [0, 0.1) is 6.92 Å². The smallest absolute Gasteiger partial charge is 0.260 e. The second kappa shape index (κ2) is 7.38. The summed E-state index contributed by atoms with van der Waals surface area (Å²) in [4.78, 5) is 23.8. The molecule has 0 saturated carbocycles. The molecule has 0 fully saturated rings. The second-order valence-corrected chi connectivity index (χ2v) is 3.42. The zero-order valence-corrected chi connectivity index (χ0v) is 11.8. The van der Waals surface area contributed by atoms with Crippen LogP contribution in [0.15, 0.2) is 24.3 Å². The van der Waals surface area contributed by atoms with Crippen LogP contribution in [0.1, 0.15) is 29.3 Å². The van der Waals surface area contributed by atoms with Gasteiger partial charge in [0.25, 0.3) is 5.91 Å². The number of imide groups is 1. The summed E-state index contributed by atoms with van der Waals surface area (Å²) < 4.78 is 0. The maximum Gasteiger partial charge on any atom is 0.260 e. The third kappa shape index (κ3) is 3.59. The van der Waals surface area contributed by atoms with Gasteiger partial charge in [-0.05, 0) is 25.0 Å². The normalized spacial score (nSPS) is 9.12. The lowest BCUT2D eigenvalue weighted by Crippen LogP contribution is -2.30. The number of rotatable bonds is 4. The summed E-state index contributed by atoms with van der Waals surface area (Å²) in [6.45, 7) is 4.26. The van der Waals surface area contributed by atoms with Crippen LogP contribution in [0.5, 0.6) is 0 Å². The first-order valence-electron chi connectivity index (χ1n) is 5.02. The van der Waals surface area contributed by atoms with Crippen LogP contribution in [-0.2, 0) is 4.79 Å². The predicted molar refractivity (Wildman–Crippen MR) is 74.0 cm³/mol. The van der Waals surface area contributed by atoms with Gasteiger partial charge in [0.15, 0.2) is 0 Å². The lowest BCUT2D eigenvalue weighted by Gasteiger charge is -2.15. The Hall–Kier alpha value is -0.910. The van der Waals surface area contributed by atoms with Crippen molar-refractivity contribution in [2.24, 2.45) is 0 Å². The number of carbonyl (C=O) groups excluding carboxylic acids is 2. The van der Waals surface area contributed by atoms with Gasteiger partial charge in [-0.1, -0.05) is 25.1 Å². The Balaban J connectivity index is 0.00000225. The van der Waals surface area contributed by atoms with Crippen LogP contribution >= 0.6 is 24.0 Å².